The molecule has 4 nitrogen and oxygen atoms in total. The molecule has 0 spiro atoms. The monoisotopic (exact) mass is 245 g/mol. The Morgan fingerprint density at radius 1 is 1.44 bits per heavy atom. The Morgan fingerprint density at radius 2 is 2.22 bits per heavy atom. The second-order valence-electron chi connectivity index (χ2n) is 5.41. The van der Waals surface area contributed by atoms with E-state index >= 15 is 0 Å². The third-order valence-corrected chi connectivity index (χ3v) is 3.42. The van der Waals surface area contributed by atoms with Gasteiger partial charge >= 0.3 is 0 Å². The maximum Gasteiger partial charge on any atom is 0.298 e. The van der Waals surface area contributed by atoms with Crippen LogP contribution in [0.4, 0.5) is 11.7 Å². The first-order valence-corrected chi connectivity index (χ1v) is 6.56. The van der Waals surface area contributed by atoms with E-state index in [-0.39, 0.29) is 0 Å². The maximum absolute atomic E-state index is 5.84. The molecule has 1 fully saturated rings. The van der Waals surface area contributed by atoms with E-state index in [1.165, 1.54) is 12.8 Å². The number of rotatable bonds is 4. The summed E-state index contributed by atoms with van der Waals surface area (Å²) in [5.41, 5.74) is 8.12. The van der Waals surface area contributed by atoms with Gasteiger partial charge in [-0.2, -0.15) is 4.98 Å². The summed E-state index contributed by atoms with van der Waals surface area (Å²) < 4.78 is 5.84. The molecule has 1 saturated carbocycles. The Bertz CT molecular complexity index is 557. The summed E-state index contributed by atoms with van der Waals surface area (Å²) in [6, 6.07) is 6.72. The minimum atomic E-state index is 0.399. The maximum atomic E-state index is 5.84. The zero-order chi connectivity index (χ0) is 12.7. The van der Waals surface area contributed by atoms with Crippen LogP contribution in [0.25, 0.3) is 11.1 Å². The second kappa shape index (κ2) is 4.19. The molecule has 1 aromatic carbocycles. The van der Waals surface area contributed by atoms with Crippen molar-refractivity contribution in [3.63, 3.8) is 0 Å². The van der Waals surface area contributed by atoms with E-state index in [4.69, 9.17) is 10.2 Å². The number of benzene rings is 1. The van der Waals surface area contributed by atoms with Gasteiger partial charge in [-0.05, 0) is 44.7 Å². The fourth-order valence-corrected chi connectivity index (χ4v) is 2.14. The number of hydrogen-bond acceptors (Lipinski definition) is 4. The number of oxazole rings is 1. The molecule has 0 saturated heterocycles. The summed E-state index contributed by atoms with van der Waals surface area (Å²) >= 11 is 0. The van der Waals surface area contributed by atoms with E-state index in [0.717, 1.165) is 29.6 Å². The zero-order valence-corrected chi connectivity index (χ0v) is 10.9. The van der Waals surface area contributed by atoms with Gasteiger partial charge in [0.2, 0.25) is 0 Å². The number of fused-ring (bicyclic) bond motifs is 1. The molecule has 0 aliphatic heterocycles. The Labute approximate surface area is 107 Å². The lowest BCUT2D eigenvalue weighted by molar-refractivity contribution is 0.526. The summed E-state index contributed by atoms with van der Waals surface area (Å²) in [7, 11) is 0. The van der Waals surface area contributed by atoms with Gasteiger partial charge in [0.05, 0.1) is 0 Å². The summed E-state index contributed by atoms with van der Waals surface area (Å²) in [6.07, 6.45) is 2.66. The number of nitrogens with two attached hydrogens (primary N) is 1. The van der Waals surface area contributed by atoms with Gasteiger partial charge in [-0.15, -0.1) is 0 Å². The van der Waals surface area contributed by atoms with Crippen LogP contribution in [0, 0.1) is 5.92 Å². The van der Waals surface area contributed by atoms with Gasteiger partial charge in [0.25, 0.3) is 6.01 Å². The average Bonchev–Trinajstić information content (AvgIpc) is 3.04. The van der Waals surface area contributed by atoms with Crippen molar-refractivity contribution >= 4 is 22.8 Å². The van der Waals surface area contributed by atoms with Crippen LogP contribution >= 0.6 is 0 Å². The highest BCUT2D eigenvalue weighted by atomic mass is 16.4. The number of nitrogens with zero attached hydrogens (tertiary/aromatic N) is 2. The van der Waals surface area contributed by atoms with E-state index in [9.17, 15) is 0 Å². The summed E-state index contributed by atoms with van der Waals surface area (Å²) in [4.78, 5) is 6.80. The molecule has 2 N–H and O–H groups in total. The van der Waals surface area contributed by atoms with Crippen LogP contribution in [-0.4, -0.2) is 17.6 Å². The molecular formula is C14H19N3O. The molecule has 0 unspecified atom stereocenters. The quantitative estimate of drug-likeness (QED) is 0.841. The lowest BCUT2D eigenvalue weighted by Gasteiger charge is -2.24. The molecular weight excluding hydrogens is 226 g/mol. The molecule has 1 aliphatic rings. The van der Waals surface area contributed by atoms with Crippen LogP contribution in [0.15, 0.2) is 22.6 Å². The Kier molecular flexibility index (Phi) is 2.65. The van der Waals surface area contributed by atoms with Crippen molar-refractivity contribution in [3.8, 4) is 0 Å². The van der Waals surface area contributed by atoms with Gasteiger partial charge in [-0.25, -0.2) is 0 Å². The van der Waals surface area contributed by atoms with E-state index in [1.807, 2.05) is 18.2 Å². The Hall–Kier alpha value is -1.71. The summed E-state index contributed by atoms with van der Waals surface area (Å²) in [6.45, 7) is 5.39. The SMILES string of the molecule is CC(C)N(CC1CC1)c1nc2ccc(N)cc2o1. The smallest absolute Gasteiger partial charge is 0.298 e. The van der Waals surface area contributed by atoms with E-state index in [0.29, 0.717) is 11.7 Å². The normalized spacial score (nSPS) is 15.5. The van der Waals surface area contributed by atoms with Crippen LogP contribution in [0.3, 0.4) is 0 Å². The summed E-state index contributed by atoms with van der Waals surface area (Å²) in [5, 5.41) is 0. The molecule has 0 amide bonds. The Morgan fingerprint density at radius 3 is 2.89 bits per heavy atom. The predicted molar refractivity (Wildman–Crippen MR) is 73.6 cm³/mol. The standard InChI is InChI=1S/C14H19N3O/c1-9(2)17(8-10-3-4-10)14-16-12-6-5-11(15)7-13(12)18-14/h5-7,9-10H,3-4,8,15H2,1-2H3. The van der Waals surface area contributed by atoms with Gasteiger partial charge in [0, 0.05) is 24.3 Å². The first-order chi connectivity index (χ1) is 8.63. The lowest BCUT2D eigenvalue weighted by Crippen LogP contribution is -2.32. The van der Waals surface area contributed by atoms with Crippen molar-refractivity contribution in [3.05, 3.63) is 18.2 Å². The molecule has 1 aliphatic carbocycles. The fraction of sp³-hybridized carbons (Fsp3) is 0.500. The first kappa shape index (κ1) is 11.4. The minimum absolute atomic E-state index is 0.399. The van der Waals surface area contributed by atoms with Gasteiger partial charge in [-0.1, -0.05) is 0 Å². The highest BCUT2D eigenvalue weighted by Crippen LogP contribution is 2.33. The number of anilines is 2. The Balaban J connectivity index is 1.94. The molecule has 4 heteroatoms. The van der Waals surface area contributed by atoms with E-state index in [2.05, 4.69) is 23.7 Å². The van der Waals surface area contributed by atoms with Gasteiger partial charge in [0.1, 0.15) is 5.52 Å². The second-order valence-corrected chi connectivity index (χ2v) is 5.41. The van der Waals surface area contributed by atoms with E-state index < -0.39 is 0 Å². The third-order valence-electron chi connectivity index (χ3n) is 3.42. The average molecular weight is 245 g/mol. The number of nitrogen functional groups attached to an aromatic ring is 1. The van der Waals surface area contributed by atoms with Crippen molar-refractivity contribution in [2.75, 3.05) is 17.2 Å². The molecule has 1 aromatic heterocycles. The molecule has 2 aromatic rings. The van der Waals surface area contributed by atoms with Gasteiger partial charge in [0.15, 0.2) is 5.58 Å². The summed E-state index contributed by atoms with van der Waals surface area (Å²) in [5.74, 6) is 0.812. The molecule has 18 heavy (non-hydrogen) atoms. The van der Waals surface area contributed by atoms with E-state index in [1.54, 1.807) is 0 Å². The lowest BCUT2D eigenvalue weighted by atomic mass is 10.3. The zero-order valence-electron chi connectivity index (χ0n) is 10.9. The van der Waals surface area contributed by atoms with Crippen LogP contribution < -0.4 is 10.6 Å². The van der Waals surface area contributed by atoms with Crippen molar-refractivity contribution in [1.82, 2.24) is 4.98 Å². The number of aromatic nitrogens is 1. The van der Waals surface area contributed by atoms with Crippen molar-refractivity contribution in [2.24, 2.45) is 5.92 Å². The van der Waals surface area contributed by atoms with Crippen LogP contribution in [0.5, 0.6) is 0 Å². The number of hydrogen-bond donors (Lipinski definition) is 1. The fourth-order valence-electron chi connectivity index (χ4n) is 2.14. The van der Waals surface area contributed by atoms with Crippen LogP contribution in [0.2, 0.25) is 0 Å². The third kappa shape index (κ3) is 2.15. The van der Waals surface area contributed by atoms with Crippen molar-refractivity contribution in [1.29, 1.82) is 0 Å². The minimum Gasteiger partial charge on any atom is -0.423 e. The molecule has 0 bridgehead atoms. The molecule has 0 atom stereocenters. The van der Waals surface area contributed by atoms with Crippen LogP contribution in [0.1, 0.15) is 26.7 Å². The van der Waals surface area contributed by atoms with Gasteiger partial charge in [-0.3, -0.25) is 0 Å². The molecule has 96 valence electrons. The first-order valence-electron chi connectivity index (χ1n) is 6.56. The highest BCUT2D eigenvalue weighted by Gasteiger charge is 2.27. The molecule has 1 heterocycles. The largest absolute Gasteiger partial charge is 0.423 e. The predicted octanol–water partition coefficient (Wildman–Crippen LogP) is 3.03. The van der Waals surface area contributed by atoms with Crippen molar-refractivity contribution in [2.45, 2.75) is 32.7 Å². The highest BCUT2D eigenvalue weighted by molar-refractivity contribution is 5.78. The van der Waals surface area contributed by atoms with Crippen LogP contribution in [-0.2, 0) is 0 Å². The molecule has 3 rings (SSSR count). The topological polar surface area (TPSA) is 55.3 Å². The van der Waals surface area contributed by atoms with Gasteiger partial charge < -0.3 is 15.1 Å². The van der Waals surface area contributed by atoms with Crippen molar-refractivity contribution < 1.29 is 4.42 Å². The molecule has 0 radical (unpaired) electrons.